The molecule has 0 aliphatic heterocycles. The third-order valence-electron chi connectivity index (χ3n) is 5.11. The number of nitrogens with zero attached hydrogens (tertiary/aromatic N) is 3. The smallest absolute Gasteiger partial charge is 0.349 e. The molecule has 0 radical (unpaired) electrons. The molecule has 1 aliphatic rings. The second-order valence-corrected chi connectivity index (χ2v) is 7.66. The molecule has 0 spiro atoms. The minimum Gasteiger partial charge on any atom is -0.349 e. The highest BCUT2D eigenvalue weighted by Crippen LogP contribution is 2.19. The molecule has 0 unspecified atom stereocenters. The van der Waals surface area contributed by atoms with Gasteiger partial charge < -0.3 is 5.32 Å². The Balaban J connectivity index is 1.87. The number of aromatic nitrogens is 4. The second-order valence-electron chi connectivity index (χ2n) is 7.66. The highest BCUT2D eigenvalue weighted by Gasteiger charge is 2.20. The van der Waals surface area contributed by atoms with Crippen molar-refractivity contribution in [2.24, 2.45) is 5.92 Å². The molecule has 0 saturated heterocycles. The van der Waals surface area contributed by atoms with Crippen molar-refractivity contribution in [1.29, 1.82) is 0 Å². The number of H-pyrrole nitrogens is 1. The molecule has 0 atom stereocenters. The number of carbonyl (C=O) groups excluding carboxylic acids is 1. The highest BCUT2D eigenvalue weighted by atomic mass is 16.2. The summed E-state index contributed by atoms with van der Waals surface area (Å²) in [6.45, 7) is 4.44. The summed E-state index contributed by atoms with van der Waals surface area (Å²) < 4.78 is 2.87. The topological polar surface area (TPSA) is 101 Å². The molecule has 142 valence electrons. The molecule has 1 amide bonds. The zero-order valence-electron chi connectivity index (χ0n) is 15.5. The number of hydrogen-bond donors (Lipinski definition) is 2. The van der Waals surface area contributed by atoms with Crippen LogP contribution in [-0.4, -0.2) is 31.1 Å². The summed E-state index contributed by atoms with van der Waals surface area (Å²) in [6.07, 6.45) is 4.24. The largest absolute Gasteiger partial charge is 0.349 e. The van der Waals surface area contributed by atoms with E-state index >= 15 is 0 Å². The van der Waals surface area contributed by atoms with Crippen molar-refractivity contribution in [3.8, 4) is 0 Å². The summed E-state index contributed by atoms with van der Waals surface area (Å²) in [5.74, 6) is 0.298. The Morgan fingerprint density at radius 3 is 2.74 bits per heavy atom. The summed E-state index contributed by atoms with van der Waals surface area (Å²) in [5, 5.41) is 9.87. The van der Waals surface area contributed by atoms with E-state index in [-0.39, 0.29) is 29.2 Å². The Hall–Kier alpha value is -2.90. The molecule has 2 aromatic heterocycles. The van der Waals surface area contributed by atoms with Crippen molar-refractivity contribution in [1.82, 2.24) is 24.5 Å². The van der Waals surface area contributed by atoms with Gasteiger partial charge in [0.15, 0.2) is 0 Å². The molecule has 27 heavy (non-hydrogen) atoms. The molecule has 2 N–H and O–H groups in total. The molecule has 8 nitrogen and oxygen atoms in total. The van der Waals surface area contributed by atoms with Crippen LogP contribution < -0.4 is 16.6 Å². The number of rotatable bonds is 4. The summed E-state index contributed by atoms with van der Waals surface area (Å²) in [5.41, 5.74) is 0.187. The lowest BCUT2D eigenvalue weighted by atomic mass is 10.1. The van der Waals surface area contributed by atoms with E-state index in [1.165, 1.54) is 8.97 Å². The normalized spacial score (nSPS) is 15.2. The Morgan fingerprint density at radius 2 is 2.04 bits per heavy atom. The van der Waals surface area contributed by atoms with Gasteiger partial charge in [0.25, 0.3) is 11.5 Å². The van der Waals surface area contributed by atoms with Gasteiger partial charge in [0.2, 0.25) is 5.78 Å². The first-order valence-corrected chi connectivity index (χ1v) is 9.40. The van der Waals surface area contributed by atoms with Crippen LogP contribution in [0.1, 0.15) is 49.9 Å². The van der Waals surface area contributed by atoms with Gasteiger partial charge in [-0.3, -0.25) is 14.2 Å². The summed E-state index contributed by atoms with van der Waals surface area (Å²) in [6, 6.07) is 5.07. The predicted molar refractivity (Wildman–Crippen MR) is 102 cm³/mol. The fourth-order valence-electron chi connectivity index (χ4n) is 3.83. The zero-order valence-corrected chi connectivity index (χ0v) is 15.5. The average Bonchev–Trinajstić information content (AvgIpc) is 3.27. The number of carbonyl (C=O) groups is 1. The maximum absolute atomic E-state index is 12.9. The van der Waals surface area contributed by atoms with Gasteiger partial charge in [0, 0.05) is 18.2 Å². The van der Waals surface area contributed by atoms with Crippen molar-refractivity contribution in [3.63, 3.8) is 0 Å². The minimum atomic E-state index is -0.430. The van der Waals surface area contributed by atoms with Gasteiger partial charge in [-0.25, -0.2) is 14.3 Å². The van der Waals surface area contributed by atoms with Crippen LogP contribution in [0.3, 0.4) is 0 Å². The van der Waals surface area contributed by atoms with Crippen LogP contribution in [0.15, 0.2) is 27.8 Å². The number of amides is 1. The fourth-order valence-corrected chi connectivity index (χ4v) is 3.83. The van der Waals surface area contributed by atoms with Crippen molar-refractivity contribution in [2.45, 2.75) is 52.1 Å². The Kier molecular flexibility index (Phi) is 4.33. The van der Waals surface area contributed by atoms with Crippen LogP contribution in [0.4, 0.5) is 0 Å². The molecule has 1 aliphatic carbocycles. The molecule has 0 bridgehead atoms. The number of fused-ring (bicyclic) bond motifs is 3. The number of nitrogens with one attached hydrogen (secondary N) is 2. The fraction of sp³-hybridized carbons (Fsp3) is 0.474. The molecule has 8 heteroatoms. The van der Waals surface area contributed by atoms with Gasteiger partial charge in [-0.2, -0.15) is 0 Å². The van der Waals surface area contributed by atoms with E-state index in [1.54, 1.807) is 18.2 Å². The van der Waals surface area contributed by atoms with Gasteiger partial charge >= 0.3 is 5.69 Å². The molecule has 4 rings (SSSR count). The van der Waals surface area contributed by atoms with Crippen molar-refractivity contribution in [2.75, 3.05) is 0 Å². The molecule has 1 saturated carbocycles. The van der Waals surface area contributed by atoms with E-state index < -0.39 is 5.69 Å². The lowest BCUT2D eigenvalue weighted by Gasteiger charge is -2.14. The van der Waals surface area contributed by atoms with Crippen LogP contribution in [-0.2, 0) is 6.54 Å². The first-order chi connectivity index (χ1) is 13.0. The average molecular weight is 369 g/mol. The van der Waals surface area contributed by atoms with Gasteiger partial charge in [0.1, 0.15) is 0 Å². The van der Waals surface area contributed by atoms with Crippen LogP contribution in [0.2, 0.25) is 0 Å². The summed E-state index contributed by atoms with van der Waals surface area (Å²) in [4.78, 5) is 37.9. The lowest BCUT2D eigenvalue weighted by Crippen LogP contribution is -2.33. The van der Waals surface area contributed by atoms with E-state index in [0.717, 1.165) is 25.7 Å². The van der Waals surface area contributed by atoms with Crippen LogP contribution >= 0.6 is 0 Å². The third kappa shape index (κ3) is 3.05. The van der Waals surface area contributed by atoms with Crippen molar-refractivity contribution in [3.05, 3.63) is 44.6 Å². The summed E-state index contributed by atoms with van der Waals surface area (Å²) >= 11 is 0. The molecule has 1 aromatic carbocycles. The van der Waals surface area contributed by atoms with Gasteiger partial charge in [-0.15, -0.1) is 5.10 Å². The standard InChI is InChI=1S/C19H23N5O3/c1-11(2)10-23-17(26)14-8-7-12(16(25)20-13-5-3-4-6-13)9-15(14)24-18(23)21-22-19(24)27/h7-9,11,13H,3-6,10H2,1-2H3,(H,20,25)(H,22,27). The first kappa shape index (κ1) is 17.5. The van der Waals surface area contributed by atoms with Crippen molar-refractivity contribution < 1.29 is 4.79 Å². The van der Waals surface area contributed by atoms with Crippen molar-refractivity contribution >= 4 is 22.6 Å². The molecule has 1 fully saturated rings. The second kappa shape index (κ2) is 6.68. The van der Waals surface area contributed by atoms with Crippen LogP contribution in [0, 0.1) is 5.92 Å². The van der Waals surface area contributed by atoms with Gasteiger partial charge in [-0.05, 0) is 37.0 Å². The quantitative estimate of drug-likeness (QED) is 0.730. The SMILES string of the molecule is CC(C)Cn1c(=O)c2ccc(C(=O)NC3CCCC3)cc2n2c(=O)[nH]nc12. The Morgan fingerprint density at radius 1 is 1.30 bits per heavy atom. The molecule has 3 aromatic rings. The third-order valence-corrected chi connectivity index (χ3v) is 5.11. The maximum Gasteiger partial charge on any atom is 0.349 e. The number of aromatic amines is 1. The van der Waals surface area contributed by atoms with Crippen LogP contribution in [0.5, 0.6) is 0 Å². The minimum absolute atomic E-state index is 0.181. The predicted octanol–water partition coefficient (Wildman–Crippen LogP) is 1.67. The number of hydrogen-bond acceptors (Lipinski definition) is 4. The monoisotopic (exact) mass is 369 g/mol. The zero-order chi connectivity index (χ0) is 19.1. The summed E-state index contributed by atoms with van der Waals surface area (Å²) in [7, 11) is 0. The van der Waals surface area contributed by atoms with Crippen LogP contribution in [0.25, 0.3) is 16.7 Å². The molecular formula is C19H23N5O3. The van der Waals surface area contributed by atoms with E-state index in [2.05, 4.69) is 15.5 Å². The highest BCUT2D eigenvalue weighted by molar-refractivity contribution is 5.98. The molecule has 2 heterocycles. The van der Waals surface area contributed by atoms with Gasteiger partial charge in [0.05, 0.1) is 10.9 Å². The van der Waals surface area contributed by atoms with E-state index in [1.807, 2.05) is 13.8 Å². The van der Waals surface area contributed by atoms with E-state index in [9.17, 15) is 14.4 Å². The lowest BCUT2D eigenvalue weighted by molar-refractivity contribution is 0.0938. The van der Waals surface area contributed by atoms with E-state index in [4.69, 9.17) is 0 Å². The van der Waals surface area contributed by atoms with Gasteiger partial charge in [-0.1, -0.05) is 26.7 Å². The maximum atomic E-state index is 12.9. The number of benzene rings is 1. The Labute approximate surface area is 155 Å². The van der Waals surface area contributed by atoms with E-state index in [0.29, 0.717) is 23.0 Å². The Bertz CT molecular complexity index is 1130. The first-order valence-electron chi connectivity index (χ1n) is 9.40. The molecular weight excluding hydrogens is 346 g/mol.